The number of allylic oxidation sites excluding steroid dienone is 8. The van der Waals surface area contributed by atoms with E-state index in [-0.39, 0.29) is 19.4 Å². The maximum Gasteiger partial charge on any atom is 0.469 e. The van der Waals surface area contributed by atoms with Crippen molar-refractivity contribution in [3.8, 4) is 0 Å². The monoisotopic (exact) mass is 781 g/mol. The molecule has 0 saturated heterocycles. The van der Waals surface area contributed by atoms with Gasteiger partial charge in [0.05, 0.1) is 6.61 Å². The second-order valence-electron chi connectivity index (χ2n) is 14.6. The second kappa shape index (κ2) is 40.7. The number of esters is 2. The summed E-state index contributed by atoms with van der Waals surface area (Å²) in [5.74, 6) is -0.907. The first-order chi connectivity index (χ1) is 26.3. The minimum absolute atomic E-state index is 0.184. The van der Waals surface area contributed by atoms with Gasteiger partial charge in [0, 0.05) is 12.8 Å². The molecule has 0 fully saturated rings. The van der Waals surface area contributed by atoms with Gasteiger partial charge < -0.3 is 19.3 Å². The molecule has 0 aliphatic heterocycles. The Balaban J connectivity index is 3.91. The molecule has 0 heterocycles. The second-order valence-corrected chi connectivity index (χ2v) is 15.9. The molecule has 0 aromatic heterocycles. The van der Waals surface area contributed by atoms with Gasteiger partial charge in [-0.15, -0.1) is 0 Å². The zero-order chi connectivity index (χ0) is 39.6. The minimum Gasteiger partial charge on any atom is -0.462 e. The van der Waals surface area contributed by atoms with Crippen LogP contribution in [0.25, 0.3) is 0 Å². The lowest BCUT2D eigenvalue weighted by Gasteiger charge is -2.18. The quantitative estimate of drug-likeness (QED) is 0.0273. The summed E-state index contributed by atoms with van der Waals surface area (Å²) in [5, 5.41) is 0. The van der Waals surface area contributed by atoms with Crippen LogP contribution in [-0.2, 0) is 28.2 Å². The first-order valence-electron chi connectivity index (χ1n) is 21.9. The number of hydrogen-bond acceptors (Lipinski definition) is 6. The van der Waals surface area contributed by atoms with Gasteiger partial charge in [-0.2, -0.15) is 0 Å². The molecule has 0 aromatic rings. The lowest BCUT2D eigenvalue weighted by molar-refractivity contribution is -0.161. The van der Waals surface area contributed by atoms with Gasteiger partial charge in [-0.05, 0) is 51.4 Å². The first kappa shape index (κ1) is 52.0. The fraction of sp³-hybridized carbons (Fsp3) is 0.778. The Morgan fingerprint density at radius 1 is 0.500 bits per heavy atom. The molecule has 0 aliphatic carbocycles. The zero-order valence-corrected chi connectivity index (χ0v) is 35.5. The molecule has 0 spiro atoms. The number of phosphoric ester groups is 1. The van der Waals surface area contributed by atoms with Crippen LogP contribution in [0.2, 0.25) is 0 Å². The van der Waals surface area contributed by atoms with Crippen molar-refractivity contribution in [1.29, 1.82) is 0 Å². The van der Waals surface area contributed by atoms with Crippen LogP contribution < -0.4 is 0 Å². The Bertz CT molecular complexity index is 1020. The van der Waals surface area contributed by atoms with Gasteiger partial charge >= 0.3 is 19.8 Å². The van der Waals surface area contributed by atoms with Gasteiger partial charge in [-0.3, -0.25) is 14.1 Å². The molecule has 0 aromatic carbocycles. The molecule has 0 unspecified atom stereocenters. The van der Waals surface area contributed by atoms with Crippen molar-refractivity contribution in [3.05, 3.63) is 48.6 Å². The third kappa shape index (κ3) is 42.7. The van der Waals surface area contributed by atoms with Crippen molar-refractivity contribution < 1.29 is 37.9 Å². The summed E-state index contributed by atoms with van der Waals surface area (Å²) in [5.41, 5.74) is 0. The average Bonchev–Trinajstić information content (AvgIpc) is 3.14. The van der Waals surface area contributed by atoms with Crippen LogP contribution >= 0.6 is 7.82 Å². The standard InChI is InChI=1S/C45H81O8P/c1-3-5-7-9-11-13-15-17-19-21-22-24-25-27-29-31-33-35-37-39-44(46)51-41-43(42-52-54(48,49)50)53-45(47)40-38-36-34-32-30-28-26-23-20-18-16-14-12-10-8-6-4-2/h6,8,12,14,18,20,26,28,43H,3-5,7,9-11,13,15-17,19,21-25,27,29-42H2,1-2H3,(H2,48,49,50)/b8-6-,14-12-,20-18-,28-26-/t43-/m1/s1. The van der Waals surface area contributed by atoms with Crippen molar-refractivity contribution in [2.75, 3.05) is 13.2 Å². The highest BCUT2D eigenvalue weighted by Gasteiger charge is 2.22. The summed E-state index contributed by atoms with van der Waals surface area (Å²) in [7, 11) is -4.76. The molecule has 0 amide bonds. The molecule has 314 valence electrons. The zero-order valence-electron chi connectivity index (χ0n) is 34.6. The predicted molar refractivity (Wildman–Crippen MR) is 225 cm³/mol. The van der Waals surface area contributed by atoms with Crippen LogP contribution in [0, 0.1) is 0 Å². The van der Waals surface area contributed by atoms with Crippen molar-refractivity contribution in [2.24, 2.45) is 0 Å². The van der Waals surface area contributed by atoms with Crippen molar-refractivity contribution >= 4 is 19.8 Å². The molecule has 0 bridgehead atoms. The average molecular weight is 781 g/mol. The van der Waals surface area contributed by atoms with Gasteiger partial charge in [-0.25, -0.2) is 4.57 Å². The van der Waals surface area contributed by atoms with E-state index in [1.54, 1.807) is 0 Å². The molecular formula is C45H81O8P. The predicted octanol–water partition coefficient (Wildman–Crippen LogP) is 13.5. The summed E-state index contributed by atoms with van der Waals surface area (Å²) in [6.45, 7) is 3.57. The van der Waals surface area contributed by atoms with Crippen LogP contribution in [0.5, 0.6) is 0 Å². The largest absolute Gasteiger partial charge is 0.469 e. The Morgan fingerprint density at radius 3 is 1.33 bits per heavy atom. The van der Waals surface area contributed by atoms with Crippen LogP contribution in [0.3, 0.4) is 0 Å². The molecule has 9 heteroatoms. The van der Waals surface area contributed by atoms with Crippen molar-refractivity contribution in [3.63, 3.8) is 0 Å². The Labute approximate surface area is 331 Å². The third-order valence-corrected chi connectivity index (χ3v) is 9.85. The van der Waals surface area contributed by atoms with E-state index in [9.17, 15) is 14.2 Å². The van der Waals surface area contributed by atoms with E-state index in [0.717, 1.165) is 70.6 Å². The molecular weight excluding hydrogens is 699 g/mol. The highest BCUT2D eigenvalue weighted by Crippen LogP contribution is 2.36. The summed E-state index contributed by atoms with van der Waals surface area (Å²) in [6, 6.07) is 0. The first-order valence-corrected chi connectivity index (χ1v) is 23.5. The molecule has 0 aliphatic rings. The number of ether oxygens (including phenoxy) is 2. The maximum absolute atomic E-state index is 12.4. The number of unbranched alkanes of at least 4 members (excludes halogenated alkanes) is 22. The van der Waals surface area contributed by atoms with Gasteiger partial charge in [-0.1, -0.05) is 191 Å². The number of rotatable bonds is 40. The lowest BCUT2D eigenvalue weighted by atomic mass is 10.0. The smallest absolute Gasteiger partial charge is 0.462 e. The normalized spacial score (nSPS) is 12.9. The van der Waals surface area contributed by atoms with E-state index in [1.807, 2.05) is 0 Å². The fourth-order valence-corrected chi connectivity index (χ4v) is 6.49. The van der Waals surface area contributed by atoms with E-state index < -0.39 is 32.5 Å². The van der Waals surface area contributed by atoms with E-state index in [4.69, 9.17) is 19.3 Å². The molecule has 0 radical (unpaired) electrons. The van der Waals surface area contributed by atoms with Gasteiger partial charge in [0.25, 0.3) is 0 Å². The molecule has 54 heavy (non-hydrogen) atoms. The third-order valence-electron chi connectivity index (χ3n) is 9.36. The topological polar surface area (TPSA) is 119 Å². The number of hydrogen-bond donors (Lipinski definition) is 2. The van der Waals surface area contributed by atoms with E-state index >= 15 is 0 Å². The summed E-state index contributed by atoms with van der Waals surface area (Å²) >= 11 is 0. The van der Waals surface area contributed by atoms with E-state index in [2.05, 4.69) is 67.0 Å². The van der Waals surface area contributed by atoms with Gasteiger partial charge in [0.1, 0.15) is 6.61 Å². The molecule has 1 atom stereocenters. The van der Waals surface area contributed by atoms with Gasteiger partial charge in [0.2, 0.25) is 0 Å². The van der Waals surface area contributed by atoms with Crippen LogP contribution in [0.15, 0.2) is 48.6 Å². The highest BCUT2D eigenvalue weighted by molar-refractivity contribution is 7.46. The Kier molecular flexibility index (Phi) is 39.2. The molecule has 2 N–H and O–H groups in total. The number of phosphoric acid groups is 1. The van der Waals surface area contributed by atoms with Crippen LogP contribution in [0.4, 0.5) is 0 Å². The highest BCUT2D eigenvalue weighted by atomic mass is 31.2. The Hall–Kier alpha value is -1.99. The van der Waals surface area contributed by atoms with Gasteiger partial charge in [0.15, 0.2) is 6.10 Å². The molecule has 0 saturated carbocycles. The summed E-state index contributed by atoms with van der Waals surface area (Å²) < 4.78 is 26.4. The summed E-state index contributed by atoms with van der Waals surface area (Å²) in [6.07, 6.45) is 49.8. The van der Waals surface area contributed by atoms with Crippen molar-refractivity contribution in [1.82, 2.24) is 0 Å². The van der Waals surface area contributed by atoms with E-state index in [1.165, 1.54) is 103 Å². The number of carbonyl (C=O) groups excluding carboxylic acids is 2. The molecule has 8 nitrogen and oxygen atoms in total. The fourth-order valence-electron chi connectivity index (χ4n) is 6.13. The van der Waals surface area contributed by atoms with E-state index in [0.29, 0.717) is 6.42 Å². The Morgan fingerprint density at radius 2 is 0.889 bits per heavy atom. The minimum atomic E-state index is -4.76. The van der Waals surface area contributed by atoms with Crippen molar-refractivity contribution in [2.45, 2.75) is 213 Å². The molecule has 0 rings (SSSR count). The maximum atomic E-state index is 12.4. The number of carbonyl (C=O) groups is 2. The summed E-state index contributed by atoms with van der Waals surface area (Å²) in [4.78, 5) is 42.9. The SMILES string of the molecule is CC/C=C\C/C=C\C/C=C\C/C=C\CCCCCCC(=O)O[C@H](COC(=O)CCCCCCCCCCCCCCCCCCCCC)COP(=O)(O)O. The van der Waals surface area contributed by atoms with Crippen LogP contribution in [-0.4, -0.2) is 41.0 Å². The van der Waals surface area contributed by atoms with Crippen LogP contribution in [0.1, 0.15) is 206 Å². The lowest BCUT2D eigenvalue weighted by Crippen LogP contribution is -2.29.